The van der Waals surface area contributed by atoms with Crippen molar-refractivity contribution in [3.63, 3.8) is 0 Å². The number of ether oxygens (including phenoxy) is 1. The fraction of sp³-hybridized carbons (Fsp3) is 0.333. The molecule has 4 rings (SSSR count). The number of thiophene rings is 1. The quantitative estimate of drug-likeness (QED) is 0.619. The molecule has 1 fully saturated rings. The number of carbonyl (C=O) groups excluding carboxylic acids is 1. The number of nitrogens with one attached hydrogen (secondary N) is 1. The van der Waals surface area contributed by atoms with Gasteiger partial charge in [0.05, 0.1) is 31.4 Å². The largest absolute Gasteiger partial charge is 0.379 e. The minimum absolute atomic E-state index is 0.0137. The van der Waals surface area contributed by atoms with Crippen LogP contribution in [-0.4, -0.2) is 48.6 Å². The van der Waals surface area contributed by atoms with Crippen molar-refractivity contribution in [1.29, 1.82) is 0 Å². The number of carbonyl (C=O) groups is 1. The van der Waals surface area contributed by atoms with Gasteiger partial charge in [-0.15, -0.1) is 11.3 Å². The van der Waals surface area contributed by atoms with Crippen LogP contribution in [0.5, 0.6) is 0 Å². The molecule has 1 amide bonds. The maximum absolute atomic E-state index is 13.3. The van der Waals surface area contributed by atoms with Gasteiger partial charge in [-0.3, -0.25) is 9.69 Å². The Kier molecular flexibility index (Phi) is 6.66. The highest BCUT2D eigenvalue weighted by Gasteiger charge is 2.23. The second kappa shape index (κ2) is 9.58. The van der Waals surface area contributed by atoms with E-state index in [4.69, 9.17) is 4.74 Å². The van der Waals surface area contributed by atoms with Gasteiger partial charge in [0, 0.05) is 36.0 Å². The van der Waals surface area contributed by atoms with Crippen molar-refractivity contribution in [1.82, 2.24) is 15.2 Å². The van der Waals surface area contributed by atoms with Gasteiger partial charge in [-0.25, -0.2) is 9.37 Å². The fourth-order valence-corrected chi connectivity index (χ4v) is 4.91. The molecule has 0 bridgehead atoms. The summed E-state index contributed by atoms with van der Waals surface area (Å²) in [6.45, 7) is 3.36. The molecule has 1 aliphatic rings. The fourth-order valence-electron chi connectivity index (χ4n) is 3.38. The Morgan fingerprint density at radius 3 is 2.72 bits per heavy atom. The number of aromatic nitrogens is 1. The van der Waals surface area contributed by atoms with E-state index in [1.807, 2.05) is 16.8 Å². The highest BCUT2D eigenvalue weighted by atomic mass is 32.1. The zero-order chi connectivity index (χ0) is 20.1. The van der Waals surface area contributed by atoms with E-state index in [0.717, 1.165) is 34.9 Å². The Labute approximate surface area is 177 Å². The van der Waals surface area contributed by atoms with E-state index in [0.29, 0.717) is 19.8 Å². The van der Waals surface area contributed by atoms with Crippen LogP contribution in [0.2, 0.25) is 0 Å². The van der Waals surface area contributed by atoms with Crippen LogP contribution >= 0.6 is 22.7 Å². The van der Waals surface area contributed by atoms with E-state index in [1.54, 1.807) is 34.8 Å². The molecule has 1 aliphatic heterocycles. The Morgan fingerprint density at radius 1 is 1.21 bits per heavy atom. The molecular formula is C21H22FN3O2S2. The van der Waals surface area contributed by atoms with Gasteiger partial charge >= 0.3 is 0 Å². The van der Waals surface area contributed by atoms with Crippen LogP contribution in [0, 0.1) is 5.82 Å². The molecule has 0 saturated carbocycles. The summed E-state index contributed by atoms with van der Waals surface area (Å²) < 4.78 is 18.8. The van der Waals surface area contributed by atoms with Gasteiger partial charge in [-0.1, -0.05) is 12.1 Å². The molecule has 8 heteroatoms. The zero-order valence-corrected chi connectivity index (χ0v) is 17.5. The van der Waals surface area contributed by atoms with Gasteiger partial charge in [0.15, 0.2) is 0 Å². The van der Waals surface area contributed by atoms with Crippen molar-refractivity contribution in [2.24, 2.45) is 0 Å². The lowest BCUT2D eigenvalue weighted by Gasteiger charge is -2.35. The van der Waals surface area contributed by atoms with Crippen molar-refractivity contribution in [3.8, 4) is 10.6 Å². The van der Waals surface area contributed by atoms with Crippen LogP contribution in [0.3, 0.4) is 0 Å². The second-order valence-electron chi connectivity index (χ2n) is 6.85. The first-order valence-electron chi connectivity index (χ1n) is 9.50. The Balaban J connectivity index is 1.38. The van der Waals surface area contributed by atoms with Crippen molar-refractivity contribution >= 4 is 28.6 Å². The maximum atomic E-state index is 13.3. The minimum atomic E-state index is -0.261. The summed E-state index contributed by atoms with van der Waals surface area (Å²) in [5.74, 6) is -0.323. The van der Waals surface area contributed by atoms with Crippen LogP contribution in [-0.2, 0) is 16.0 Å². The highest BCUT2D eigenvalue weighted by molar-refractivity contribution is 7.14. The number of hydrogen-bond donors (Lipinski definition) is 1. The van der Waals surface area contributed by atoms with E-state index in [-0.39, 0.29) is 24.2 Å². The lowest BCUT2D eigenvalue weighted by Crippen LogP contribution is -2.44. The van der Waals surface area contributed by atoms with E-state index in [1.165, 1.54) is 12.1 Å². The number of amides is 1. The molecule has 3 heterocycles. The maximum Gasteiger partial charge on any atom is 0.226 e. The summed E-state index contributed by atoms with van der Waals surface area (Å²) in [4.78, 5) is 19.4. The summed E-state index contributed by atoms with van der Waals surface area (Å²) >= 11 is 3.18. The molecule has 0 aliphatic carbocycles. The third-order valence-electron chi connectivity index (χ3n) is 4.90. The number of halogens is 1. The topological polar surface area (TPSA) is 54.5 Å². The van der Waals surface area contributed by atoms with Gasteiger partial charge in [0.2, 0.25) is 5.91 Å². The van der Waals surface area contributed by atoms with Gasteiger partial charge < -0.3 is 10.1 Å². The Bertz CT molecular complexity index is 922. The molecule has 0 spiro atoms. The van der Waals surface area contributed by atoms with Crippen molar-refractivity contribution < 1.29 is 13.9 Å². The lowest BCUT2D eigenvalue weighted by atomic mass is 10.0. The van der Waals surface area contributed by atoms with Gasteiger partial charge in [-0.05, 0) is 29.1 Å². The van der Waals surface area contributed by atoms with E-state index in [9.17, 15) is 9.18 Å². The molecular weight excluding hydrogens is 409 g/mol. The average molecular weight is 432 g/mol. The smallest absolute Gasteiger partial charge is 0.226 e. The highest BCUT2D eigenvalue weighted by Crippen LogP contribution is 2.26. The molecule has 2 aromatic heterocycles. The monoisotopic (exact) mass is 431 g/mol. The first-order valence-corrected chi connectivity index (χ1v) is 11.3. The molecule has 1 atom stereocenters. The number of thiazole rings is 1. The van der Waals surface area contributed by atoms with Crippen molar-refractivity contribution in [2.75, 3.05) is 32.8 Å². The van der Waals surface area contributed by atoms with E-state index < -0.39 is 0 Å². The number of hydrogen-bond acceptors (Lipinski definition) is 6. The number of morpholine rings is 1. The number of nitrogens with zero attached hydrogens (tertiary/aromatic N) is 2. The van der Waals surface area contributed by atoms with Crippen LogP contribution < -0.4 is 5.32 Å². The summed E-state index contributed by atoms with van der Waals surface area (Å²) in [6.07, 6.45) is 0.250. The predicted molar refractivity (Wildman–Crippen MR) is 114 cm³/mol. The number of benzene rings is 1. The van der Waals surface area contributed by atoms with E-state index >= 15 is 0 Å². The van der Waals surface area contributed by atoms with Crippen molar-refractivity contribution in [2.45, 2.75) is 12.5 Å². The molecule has 0 unspecified atom stereocenters. The van der Waals surface area contributed by atoms with Crippen LogP contribution in [0.1, 0.15) is 17.3 Å². The summed E-state index contributed by atoms with van der Waals surface area (Å²) in [5, 5.41) is 9.98. The summed E-state index contributed by atoms with van der Waals surface area (Å²) in [6, 6.07) is 8.52. The molecule has 0 radical (unpaired) electrons. The summed E-state index contributed by atoms with van der Waals surface area (Å²) in [7, 11) is 0. The molecule has 1 aromatic carbocycles. The first-order chi connectivity index (χ1) is 14.2. The molecule has 29 heavy (non-hydrogen) atoms. The molecule has 1 N–H and O–H groups in total. The first kappa shape index (κ1) is 20.2. The SMILES string of the molecule is O=C(Cc1csc(-c2ccsc2)n1)NC[C@H](c1ccc(F)cc1)N1CCOCC1. The van der Waals surface area contributed by atoms with Crippen LogP contribution in [0.4, 0.5) is 4.39 Å². The lowest BCUT2D eigenvalue weighted by molar-refractivity contribution is -0.120. The molecule has 5 nitrogen and oxygen atoms in total. The average Bonchev–Trinajstić information content (AvgIpc) is 3.42. The normalized spacial score (nSPS) is 15.9. The standard InChI is InChI=1S/C21H22FN3O2S2/c22-17-3-1-15(2-4-17)19(25-6-8-27-9-7-25)12-23-20(26)11-18-14-29-21(24-18)16-5-10-28-13-16/h1-5,10,13-14,19H,6-9,11-12H2,(H,23,26)/t19-/m1/s1. The minimum Gasteiger partial charge on any atom is -0.379 e. The van der Waals surface area contributed by atoms with E-state index in [2.05, 4.69) is 20.6 Å². The van der Waals surface area contributed by atoms with Crippen LogP contribution in [0.15, 0.2) is 46.5 Å². The van der Waals surface area contributed by atoms with Gasteiger partial charge in [0.1, 0.15) is 10.8 Å². The second-order valence-corrected chi connectivity index (χ2v) is 8.49. The third kappa shape index (κ3) is 5.27. The Hall–Kier alpha value is -2.13. The van der Waals surface area contributed by atoms with Gasteiger partial charge in [-0.2, -0.15) is 11.3 Å². The molecule has 152 valence electrons. The predicted octanol–water partition coefficient (Wildman–Crippen LogP) is 3.74. The summed E-state index contributed by atoms with van der Waals surface area (Å²) in [5.41, 5.74) is 2.86. The molecule has 3 aromatic rings. The zero-order valence-electron chi connectivity index (χ0n) is 15.8. The van der Waals surface area contributed by atoms with Gasteiger partial charge in [0.25, 0.3) is 0 Å². The Morgan fingerprint density at radius 2 is 2.00 bits per heavy atom. The van der Waals surface area contributed by atoms with Crippen LogP contribution in [0.25, 0.3) is 10.6 Å². The molecule has 1 saturated heterocycles. The number of rotatable bonds is 7. The van der Waals surface area contributed by atoms with Crippen molar-refractivity contribution in [3.05, 3.63) is 63.5 Å². The third-order valence-corrected chi connectivity index (χ3v) is 6.52.